The molecular weight excluding hydrogens is 238 g/mol. The summed E-state index contributed by atoms with van der Waals surface area (Å²) >= 11 is 0. The molecule has 1 aromatic rings. The molecule has 0 fully saturated rings. The van der Waals surface area contributed by atoms with Crippen LogP contribution in [0.1, 0.15) is 38.2 Å². The molecule has 0 saturated carbocycles. The first-order valence-electron chi connectivity index (χ1n) is 7.07. The minimum atomic E-state index is -0.0743. The number of hydrogen-bond acceptors (Lipinski definition) is 3. The van der Waals surface area contributed by atoms with Crippen LogP contribution >= 0.6 is 0 Å². The first kappa shape index (κ1) is 15.5. The lowest BCUT2D eigenvalue weighted by Crippen LogP contribution is -2.19. The van der Waals surface area contributed by atoms with Gasteiger partial charge in [0.15, 0.2) is 0 Å². The smallest absolute Gasteiger partial charge is 0.305 e. The second-order valence-corrected chi connectivity index (χ2v) is 4.82. The van der Waals surface area contributed by atoms with Gasteiger partial charge in [0.25, 0.3) is 0 Å². The number of para-hydroxylation sites is 1. The molecule has 0 aliphatic carbocycles. The minimum Gasteiger partial charge on any atom is -0.466 e. The predicted octanol–water partition coefficient (Wildman–Crippen LogP) is 3.55. The Bertz CT molecular complexity index is 390. The highest BCUT2D eigenvalue weighted by Crippen LogP contribution is 2.18. The molecular formula is C16H25NO2. The van der Waals surface area contributed by atoms with Crippen molar-refractivity contribution in [2.24, 2.45) is 0 Å². The number of carbonyl (C=O) groups excluding carboxylic acids is 1. The lowest BCUT2D eigenvalue weighted by Gasteiger charge is -2.21. The first-order chi connectivity index (χ1) is 9.15. The van der Waals surface area contributed by atoms with E-state index in [4.69, 9.17) is 4.74 Å². The van der Waals surface area contributed by atoms with E-state index in [2.05, 4.69) is 43.1 Å². The van der Waals surface area contributed by atoms with Gasteiger partial charge in [-0.2, -0.15) is 0 Å². The molecule has 0 amide bonds. The molecule has 0 heterocycles. The van der Waals surface area contributed by atoms with E-state index < -0.39 is 0 Å². The summed E-state index contributed by atoms with van der Waals surface area (Å²) in [5, 5.41) is 0. The van der Waals surface area contributed by atoms with E-state index in [9.17, 15) is 4.79 Å². The number of ether oxygens (including phenoxy) is 1. The van der Waals surface area contributed by atoms with Crippen molar-refractivity contribution in [2.75, 3.05) is 25.1 Å². The minimum absolute atomic E-state index is 0.0743. The summed E-state index contributed by atoms with van der Waals surface area (Å²) < 4.78 is 4.91. The number of nitrogens with zero attached hydrogens (tertiary/aromatic N) is 1. The van der Waals surface area contributed by atoms with Crippen molar-refractivity contribution in [3.05, 3.63) is 29.8 Å². The van der Waals surface area contributed by atoms with Gasteiger partial charge in [0, 0.05) is 25.7 Å². The summed E-state index contributed by atoms with van der Waals surface area (Å²) in [6.45, 7) is 5.48. The third-order valence-electron chi connectivity index (χ3n) is 3.21. The Hall–Kier alpha value is -1.51. The van der Waals surface area contributed by atoms with Gasteiger partial charge in [0.1, 0.15) is 0 Å². The molecule has 1 rings (SSSR count). The van der Waals surface area contributed by atoms with Gasteiger partial charge < -0.3 is 9.64 Å². The molecule has 1 aromatic carbocycles. The van der Waals surface area contributed by atoms with Crippen LogP contribution in [0.4, 0.5) is 5.69 Å². The third-order valence-corrected chi connectivity index (χ3v) is 3.21. The number of benzene rings is 1. The van der Waals surface area contributed by atoms with E-state index in [0.29, 0.717) is 13.0 Å². The van der Waals surface area contributed by atoms with E-state index in [1.54, 1.807) is 0 Å². The summed E-state index contributed by atoms with van der Waals surface area (Å²) in [6, 6.07) is 8.41. The molecule has 0 N–H and O–H groups in total. The van der Waals surface area contributed by atoms with Gasteiger partial charge >= 0.3 is 5.97 Å². The molecule has 106 valence electrons. The molecule has 0 aromatic heterocycles. The fourth-order valence-electron chi connectivity index (χ4n) is 2.14. The number of carbonyl (C=O) groups is 1. The predicted molar refractivity (Wildman–Crippen MR) is 79.6 cm³/mol. The molecule has 3 nitrogen and oxygen atoms in total. The quantitative estimate of drug-likeness (QED) is 0.530. The highest BCUT2D eigenvalue weighted by molar-refractivity contribution is 5.69. The van der Waals surface area contributed by atoms with Gasteiger partial charge in [-0.3, -0.25) is 4.79 Å². The summed E-state index contributed by atoms with van der Waals surface area (Å²) in [7, 11) is 2.12. The van der Waals surface area contributed by atoms with E-state index in [0.717, 1.165) is 25.8 Å². The van der Waals surface area contributed by atoms with Gasteiger partial charge in [-0.25, -0.2) is 0 Å². The Morgan fingerprint density at radius 3 is 2.63 bits per heavy atom. The van der Waals surface area contributed by atoms with Crippen LogP contribution in [0.2, 0.25) is 0 Å². The molecule has 0 atom stereocenters. The average Bonchev–Trinajstić information content (AvgIpc) is 2.39. The van der Waals surface area contributed by atoms with Crippen LogP contribution in [0, 0.1) is 6.92 Å². The summed E-state index contributed by atoms with van der Waals surface area (Å²) in [4.78, 5) is 13.5. The normalized spacial score (nSPS) is 10.3. The average molecular weight is 263 g/mol. The number of aryl methyl sites for hydroxylation is 1. The van der Waals surface area contributed by atoms with Gasteiger partial charge in [0.2, 0.25) is 0 Å². The third kappa shape index (κ3) is 5.77. The van der Waals surface area contributed by atoms with Crippen LogP contribution in [0.5, 0.6) is 0 Å². The molecule has 0 unspecified atom stereocenters. The Balaban J connectivity index is 2.19. The lowest BCUT2D eigenvalue weighted by atomic mass is 10.1. The van der Waals surface area contributed by atoms with Crippen molar-refractivity contribution < 1.29 is 9.53 Å². The van der Waals surface area contributed by atoms with Crippen molar-refractivity contribution in [3.8, 4) is 0 Å². The largest absolute Gasteiger partial charge is 0.466 e. The SMILES string of the molecule is CCOC(=O)CCCCCN(C)c1ccccc1C. The van der Waals surface area contributed by atoms with Crippen molar-refractivity contribution in [1.29, 1.82) is 0 Å². The Kier molecular flexibility index (Phi) is 7.01. The second-order valence-electron chi connectivity index (χ2n) is 4.82. The van der Waals surface area contributed by atoms with E-state index in [-0.39, 0.29) is 5.97 Å². The fourth-order valence-corrected chi connectivity index (χ4v) is 2.14. The maximum absolute atomic E-state index is 11.2. The zero-order valence-corrected chi connectivity index (χ0v) is 12.3. The molecule has 0 aliphatic heterocycles. The zero-order chi connectivity index (χ0) is 14.1. The maximum atomic E-state index is 11.2. The number of esters is 1. The summed E-state index contributed by atoms with van der Waals surface area (Å²) in [6.07, 6.45) is 3.63. The molecule has 0 radical (unpaired) electrons. The lowest BCUT2D eigenvalue weighted by molar-refractivity contribution is -0.143. The zero-order valence-electron chi connectivity index (χ0n) is 12.3. The summed E-state index contributed by atoms with van der Waals surface area (Å²) in [5.41, 5.74) is 2.59. The van der Waals surface area contributed by atoms with Crippen LogP contribution in [-0.2, 0) is 9.53 Å². The number of unbranched alkanes of at least 4 members (excludes halogenated alkanes) is 2. The van der Waals surface area contributed by atoms with Crippen LogP contribution in [0.15, 0.2) is 24.3 Å². The Morgan fingerprint density at radius 1 is 1.21 bits per heavy atom. The van der Waals surface area contributed by atoms with Gasteiger partial charge in [-0.1, -0.05) is 24.6 Å². The molecule has 0 aliphatic rings. The van der Waals surface area contributed by atoms with Crippen LogP contribution in [-0.4, -0.2) is 26.2 Å². The molecule has 3 heteroatoms. The number of hydrogen-bond donors (Lipinski definition) is 0. The Morgan fingerprint density at radius 2 is 1.95 bits per heavy atom. The van der Waals surface area contributed by atoms with E-state index in [1.807, 2.05) is 6.92 Å². The van der Waals surface area contributed by atoms with Crippen molar-refractivity contribution >= 4 is 11.7 Å². The molecule has 0 spiro atoms. The van der Waals surface area contributed by atoms with E-state index >= 15 is 0 Å². The topological polar surface area (TPSA) is 29.5 Å². The van der Waals surface area contributed by atoms with Crippen molar-refractivity contribution in [1.82, 2.24) is 0 Å². The summed E-state index contributed by atoms with van der Waals surface area (Å²) in [5.74, 6) is -0.0743. The Labute approximate surface area is 116 Å². The highest BCUT2D eigenvalue weighted by Gasteiger charge is 2.04. The molecule has 0 bridgehead atoms. The number of anilines is 1. The second kappa shape index (κ2) is 8.57. The van der Waals surface area contributed by atoms with E-state index in [1.165, 1.54) is 11.3 Å². The van der Waals surface area contributed by atoms with Gasteiger partial charge in [0.05, 0.1) is 6.61 Å². The molecule has 19 heavy (non-hydrogen) atoms. The highest BCUT2D eigenvalue weighted by atomic mass is 16.5. The monoisotopic (exact) mass is 263 g/mol. The van der Waals surface area contributed by atoms with Crippen molar-refractivity contribution in [3.63, 3.8) is 0 Å². The van der Waals surface area contributed by atoms with Gasteiger partial charge in [-0.05, 0) is 38.3 Å². The number of rotatable bonds is 8. The molecule has 0 saturated heterocycles. The van der Waals surface area contributed by atoms with Gasteiger partial charge in [-0.15, -0.1) is 0 Å². The van der Waals surface area contributed by atoms with Crippen LogP contribution < -0.4 is 4.90 Å². The van der Waals surface area contributed by atoms with Crippen LogP contribution in [0.25, 0.3) is 0 Å². The van der Waals surface area contributed by atoms with Crippen LogP contribution in [0.3, 0.4) is 0 Å². The fraction of sp³-hybridized carbons (Fsp3) is 0.562. The standard InChI is InChI=1S/C16H25NO2/c1-4-19-16(18)12-6-5-9-13-17(3)15-11-8-7-10-14(15)2/h7-8,10-11H,4-6,9,12-13H2,1-3H3. The maximum Gasteiger partial charge on any atom is 0.305 e. The first-order valence-corrected chi connectivity index (χ1v) is 7.07. The van der Waals surface area contributed by atoms with Crippen molar-refractivity contribution in [2.45, 2.75) is 39.5 Å².